The minimum absolute atomic E-state index is 0.129. The molecular formula is C18H19ClN2O4S. The van der Waals surface area contributed by atoms with Crippen LogP contribution < -0.4 is 10.1 Å². The van der Waals surface area contributed by atoms with Gasteiger partial charge in [0.2, 0.25) is 15.9 Å². The van der Waals surface area contributed by atoms with E-state index in [1.807, 2.05) is 0 Å². The highest BCUT2D eigenvalue weighted by Crippen LogP contribution is 2.31. The number of hydrogen-bond acceptors (Lipinski definition) is 4. The number of aryl methyl sites for hydroxylation is 1. The average molecular weight is 395 g/mol. The molecule has 1 unspecified atom stereocenters. The molecule has 1 aliphatic heterocycles. The van der Waals surface area contributed by atoms with Gasteiger partial charge in [-0.25, -0.2) is 8.42 Å². The van der Waals surface area contributed by atoms with Crippen molar-refractivity contribution in [3.8, 4) is 5.75 Å². The molecule has 1 fully saturated rings. The fraction of sp³-hybridized carbons (Fsp3) is 0.278. The van der Waals surface area contributed by atoms with Crippen LogP contribution in [0.5, 0.6) is 5.75 Å². The second kappa shape index (κ2) is 7.26. The molecule has 0 radical (unpaired) electrons. The van der Waals surface area contributed by atoms with E-state index in [1.54, 1.807) is 43.3 Å². The molecule has 0 spiro atoms. The van der Waals surface area contributed by atoms with Crippen LogP contribution in [0.25, 0.3) is 0 Å². The summed E-state index contributed by atoms with van der Waals surface area (Å²) in [6.07, 6.45) is 0. The molecule has 0 saturated carbocycles. The zero-order chi connectivity index (χ0) is 18.9. The zero-order valence-electron chi connectivity index (χ0n) is 14.4. The summed E-state index contributed by atoms with van der Waals surface area (Å²) in [7, 11) is -2.34. The molecule has 1 aliphatic rings. The maximum Gasteiger partial charge on any atom is 0.244 e. The summed E-state index contributed by atoms with van der Waals surface area (Å²) in [4.78, 5) is 12.6. The Labute approximate surface area is 157 Å². The second-order valence-electron chi connectivity index (χ2n) is 5.99. The number of nitrogens with zero attached hydrogens (tertiary/aromatic N) is 1. The Bertz CT molecular complexity index is 929. The average Bonchev–Trinajstić information content (AvgIpc) is 2.62. The second-order valence-corrected chi connectivity index (χ2v) is 8.32. The summed E-state index contributed by atoms with van der Waals surface area (Å²) in [6, 6.07) is 10.3. The summed E-state index contributed by atoms with van der Waals surface area (Å²) in [5.74, 6) is 0.252. The monoisotopic (exact) mass is 394 g/mol. The molecular weight excluding hydrogens is 376 g/mol. The predicted octanol–water partition coefficient (Wildman–Crippen LogP) is 2.52. The smallest absolute Gasteiger partial charge is 0.244 e. The van der Waals surface area contributed by atoms with E-state index in [9.17, 15) is 13.2 Å². The van der Waals surface area contributed by atoms with Gasteiger partial charge in [-0.3, -0.25) is 4.79 Å². The molecule has 1 N–H and O–H groups in total. The number of sulfonamides is 1. The number of carbonyl (C=O) groups excluding carboxylic acids is 1. The SMILES string of the molecule is COc1ccc(S(=O)(=O)N2CCNC(=O)C2c2ccc(Cl)cc2)cc1C. The summed E-state index contributed by atoms with van der Waals surface area (Å²) >= 11 is 5.91. The molecule has 138 valence electrons. The van der Waals surface area contributed by atoms with Crippen molar-refractivity contribution in [1.29, 1.82) is 0 Å². The summed E-state index contributed by atoms with van der Waals surface area (Å²) in [6.45, 7) is 2.22. The maximum atomic E-state index is 13.2. The molecule has 2 aromatic carbocycles. The lowest BCUT2D eigenvalue weighted by Gasteiger charge is -2.34. The van der Waals surface area contributed by atoms with Crippen molar-refractivity contribution < 1.29 is 17.9 Å². The molecule has 1 amide bonds. The van der Waals surface area contributed by atoms with Crippen LogP contribution in [0.4, 0.5) is 0 Å². The van der Waals surface area contributed by atoms with Gasteiger partial charge < -0.3 is 10.1 Å². The highest BCUT2D eigenvalue weighted by molar-refractivity contribution is 7.89. The molecule has 1 atom stereocenters. The molecule has 26 heavy (non-hydrogen) atoms. The van der Waals surface area contributed by atoms with Gasteiger partial charge in [0.15, 0.2) is 0 Å². The lowest BCUT2D eigenvalue weighted by molar-refractivity contribution is -0.126. The first kappa shape index (κ1) is 18.7. The van der Waals surface area contributed by atoms with E-state index in [2.05, 4.69) is 5.32 Å². The number of nitrogens with one attached hydrogen (secondary N) is 1. The minimum Gasteiger partial charge on any atom is -0.496 e. The molecule has 8 heteroatoms. The van der Waals surface area contributed by atoms with E-state index in [0.717, 1.165) is 0 Å². The number of halogens is 1. The van der Waals surface area contributed by atoms with Gasteiger partial charge in [-0.2, -0.15) is 4.31 Å². The molecule has 1 saturated heterocycles. The fourth-order valence-corrected chi connectivity index (χ4v) is 4.80. The lowest BCUT2D eigenvalue weighted by atomic mass is 10.1. The first-order valence-electron chi connectivity index (χ1n) is 8.04. The Hall–Kier alpha value is -2.09. The van der Waals surface area contributed by atoms with Gasteiger partial charge in [0, 0.05) is 18.1 Å². The third kappa shape index (κ3) is 3.42. The van der Waals surface area contributed by atoms with Gasteiger partial charge in [0.25, 0.3) is 0 Å². The highest BCUT2D eigenvalue weighted by atomic mass is 35.5. The van der Waals surface area contributed by atoms with E-state index >= 15 is 0 Å². The number of rotatable bonds is 4. The van der Waals surface area contributed by atoms with E-state index in [0.29, 0.717) is 21.9 Å². The van der Waals surface area contributed by atoms with Crippen molar-refractivity contribution in [1.82, 2.24) is 9.62 Å². The molecule has 3 rings (SSSR count). The van der Waals surface area contributed by atoms with Crippen molar-refractivity contribution >= 4 is 27.5 Å². The van der Waals surface area contributed by atoms with Crippen LogP contribution in [0, 0.1) is 6.92 Å². The largest absolute Gasteiger partial charge is 0.496 e. The van der Waals surface area contributed by atoms with Gasteiger partial charge >= 0.3 is 0 Å². The van der Waals surface area contributed by atoms with Crippen LogP contribution in [0.2, 0.25) is 5.02 Å². The fourth-order valence-electron chi connectivity index (χ4n) is 3.01. The molecule has 0 aromatic heterocycles. The number of benzene rings is 2. The van der Waals surface area contributed by atoms with E-state index in [1.165, 1.54) is 17.5 Å². The van der Waals surface area contributed by atoms with E-state index in [-0.39, 0.29) is 23.9 Å². The topological polar surface area (TPSA) is 75.7 Å². The van der Waals surface area contributed by atoms with Crippen molar-refractivity contribution in [3.63, 3.8) is 0 Å². The number of methoxy groups -OCH3 is 1. The number of carbonyl (C=O) groups is 1. The van der Waals surface area contributed by atoms with Gasteiger partial charge in [-0.05, 0) is 48.4 Å². The lowest BCUT2D eigenvalue weighted by Crippen LogP contribution is -2.52. The Balaban J connectivity index is 2.04. The van der Waals surface area contributed by atoms with Crippen LogP contribution >= 0.6 is 11.6 Å². The molecule has 2 aromatic rings. The molecule has 0 bridgehead atoms. The third-order valence-corrected chi connectivity index (χ3v) is 6.44. The zero-order valence-corrected chi connectivity index (χ0v) is 16.0. The Morgan fingerprint density at radius 2 is 1.88 bits per heavy atom. The van der Waals surface area contributed by atoms with Gasteiger partial charge in [0.05, 0.1) is 12.0 Å². The van der Waals surface area contributed by atoms with Crippen molar-refractivity contribution in [2.75, 3.05) is 20.2 Å². The quantitative estimate of drug-likeness (QED) is 0.864. The van der Waals surface area contributed by atoms with E-state index in [4.69, 9.17) is 16.3 Å². The van der Waals surface area contributed by atoms with Crippen LogP contribution in [0.3, 0.4) is 0 Å². The van der Waals surface area contributed by atoms with Crippen molar-refractivity contribution in [2.45, 2.75) is 17.9 Å². The van der Waals surface area contributed by atoms with Crippen LogP contribution in [0.1, 0.15) is 17.2 Å². The summed E-state index contributed by atoms with van der Waals surface area (Å²) in [5.41, 5.74) is 1.28. The Morgan fingerprint density at radius 3 is 2.50 bits per heavy atom. The number of piperazine rings is 1. The number of ether oxygens (including phenoxy) is 1. The first-order valence-corrected chi connectivity index (χ1v) is 9.86. The Kier molecular flexibility index (Phi) is 5.22. The predicted molar refractivity (Wildman–Crippen MR) is 98.8 cm³/mol. The van der Waals surface area contributed by atoms with E-state index < -0.39 is 16.1 Å². The standard InChI is InChI=1S/C18H19ClN2O4S/c1-12-11-15(7-8-16(12)25-2)26(23,24)21-10-9-20-18(22)17(21)13-3-5-14(19)6-4-13/h3-8,11,17H,9-10H2,1-2H3,(H,20,22). The Morgan fingerprint density at radius 1 is 1.19 bits per heavy atom. The molecule has 1 heterocycles. The van der Waals surface area contributed by atoms with Gasteiger partial charge in [0.1, 0.15) is 11.8 Å². The highest BCUT2D eigenvalue weighted by Gasteiger charge is 2.39. The maximum absolute atomic E-state index is 13.2. The number of amides is 1. The molecule has 0 aliphatic carbocycles. The van der Waals surface area contributed by atoms with Crippen LogP contribution in [-0.2, 0) is 14.8 Å². The van der Waals surface area contributed by atoms with Gasteiger partial charge in [-0.1, -0.05) is 23.7 Å². The first-order chi connectivity index (χ1) is 12.3. The third-order valence-electron chi connectivity index (χ3n) is 4.33. The van der Waals surface area contributed by atoms with Crippen molar-refractivity contribution in [2.24, 2.45) is 0 Å². The van der Waals surface area contributed by atoms with Gasteiger partial charge in [-0.15, -0.1) is 0 Å². The minimum atomic E-state index is -3.87. The number of hydrogen-bond donors (Lipinski definition) is 1. The van der Waals surface area contributed by atoms with Crippen LogP contribution in [0.15, 0.2) is 47.4 Å². The van der Waals surface area contributed by atoms with Crippen molar-refractivity contribution in [3.05, 3.63) is 58.6 Å². The summed E-state index contributed by atoms with van der Waals surface area (Å²) < 4.78 is 32.9. The summed E-state index contributed by atoms with van der Waals surface area (Å²) in [5, 5.41) is 3.25. The molecule has 6 nitrogen and oxygen atoms in total. The van der Waals surface area contributed by atoms with Crippen LogP contribution in [-0.4, -0.2) is 38.8 Å². The normalized spacial score (nSPS) is 18.4.